The highest BCUT2D eigenvalue weighted by Crippen LogP contribution is 2.33. The molecule has 1 amide bonds. The van der Waals surface area contributed by atoms with Crippen molar-refractivity contribution in [3.05, 3.63) is 82.6 Å². The maximum absolute atomic E-state index is 13.3. The van der Waals surface area contributed by atoms with E-state index in [2.05, 4.69) is 20.5 Å². The van der Waals surface area contributed by atoms with Gasteiger partial charge in [-0.3, -0.25) is 15.1 Å². The molecule has 186 valence electrons. The van der Waals surface area contributed by atoms with E-state index in [-0.39, 0.29) is 5.91 Å². The molecule has 2 aromatic heterocycles. The Balaban J connectivity index is 1.52. The third-order valence-corrected chi connectivity index (χ3v) is 6.40. The number of nitrogens with zero attached hydrogens (tertiary/aromatic N) is 3. The number of aryl methyl sites for hydroxylation is 1. The van der Waals surface area contributed by atoms with Crippen molar-refractivity contribution in [1.82, 2.24) is 15.2 Å². The van der Waals surface area contributed by atoms with E-state index in [4.69, 9.17) is 26.8 Å². The van der Waals surface area contributed by atoms with Crippen molar-refractivity contribution in [3.8, 4) is 22.1 Å². The number of halogens is 1. The van der Waals surface area contributed by atoms with Crippen LogP contribution in [-0.2, 0) is 13.0 Å². The van der Waals surface area contributed by atoms with Crippen LogP contribution in [0.15, 0.2) is 60.8 Å². The molecule has 0 saturated carbocycles. The van der Waals surface area contributed by atoms with Gasteiger partial charge in [-0.05, 0) is 67.0 Å². The average Bonchev–Trinajstić information content (AvgIpc) is 3.35. The lowest BCUT2D eigenvalue weighted by Gasteiger charge is -2.14. The van der Waals surface area contributed by atoms with Gasteiger partial charge in [0.25, 0.3) is 11.1 Å². The molecule has 0 atom stereocenters. The van der Waals surface area contributed by atoms with Crippen LogP contribution in [0.25, 0.3) is 11.1 Å². The van der Waals surface area contributed by atoms with E-state index in [0.717, 1.165) is 53.0 Å². The highest BCUT2D eigenvalue weighted by Gasteiger charge is 2.19. The number of methoxy groups -OCH3 is 1. The monoisotopic (exact) mass is 523 g/mol. The lowest BCUT2D eigenvalue weighted by Crippen LogP contribution is -2.14. The molecule has 4 rings (SSSR count). The molecule has 8 nitrogen and oxygen atoms in total. The molecule has 10 heteroatoms. The summed E-state index contributed by atoms with van der Waals surface area (Å²) in [7, 11) is 1.61. The summed E-state index contributed by atoms with van der Waals surface area (Å²) < 4.78 is 11.3. The summed E-state index contributed by atoms with van der Waals surface area (Å²) in [4.78, 5) is 17.8. The van der Waals surface area contributed by atoms with Gasteiger partial charge < -0.3 is 15.2 Å². The van der Waals surface area contributed by atoms with Crippen LogP contribution in [-0.4, -0.2) is 34.7 Å². The first-order valence-corrected chi connectivity index (χ1v) is 12.6. The van der Waals surface area contributed by atoms with Gasteiger partial charge in [0.05, 0.1) is 12.7 Å². The summed E-state index contributed by atoms with van der Waals surface area (Å²) in [5.74, 6) is 0.316. The largest absolute Gasteiger partial charge is 0.496 e. The molecule has 3 N–H and O–H groups in total. The molecule has 2 aromatic carbocycles. The Morgan fingerprint density at radius 3 is 2.67 bits per heavy atom. The van der Waals surface area contributed by atoms with Gasteiger partial charge >= 0.3 is 0 Å². The van der Waals surface area contributed by atoms with Gasteiger partial charge in [-0.2, -0.15) is 0 Å². The number of nitrogens with two attached hydrogens (primary N) is 1. The van der Waals surface area contributed by atoms with E-state index in [9.17, 15) is 4.79 Å². The minimum absolute atomic E-state index is 0.313. The number of hydrogen-bond acceptors (Lipinski definition) is 8. The molecule has 0 aliphatic heterocycles. The molecule has 0 aliphatic rings. The van der Waals surface area contributed by atoms with Crippen LogP contribution in [0, 0.1) is 0 Å². The zero-order valence-corrected chi connectivity index (χ0v) is 21.3. The Hall–Kier alpha value is -3.53. The first kappa shape index (κ1) is 25.6. The number of aromatic nitrogens is 3. The topological polar surface area (TPSA) is 112 Å². The fourth-order valence-electron chi connectivity index (χ4n) is 3.57. The number of rotatable bonds is 11. The van der Waals surface area contributed by atoms with Crippen LogP contribution in [0.2, 0.25) is 5.02 Å². The van der Waals surface area contributed by atoms with Crippen molar-refractivity contribution in [2.45, 2.75) is 25.9 Å². The number of amides is 1. The second-order valence-corrected chi connectivity index (χ2v) is 9.29. The molecule has 0 spiro atoms. The maximum atomic E-state index is 13.3. The van der Waals surface area contributed by atoms with Crippen molar-refractivity contribution in [1.29, 1.82) is 0 Å². The van der Waals surface area contributed by atoms with E-state index in [1.54, 1.807) is 25.4 Å². The number of hydrogen-bond donors (Lipinski definition) is 2. The molecule has 36 heavy (non-hydrogen) atoms. The van der Waals surface area contributed by atoms with E-state index < -0.39 is 0 Å². The van der Waals surface area contributed by atoms with Crippen molar-refractivity contribution in [2.75, 3.05) is 19.0 Å². The zero-order chi connectivity index (χ0) is 25.3. The smallest absolute Gasteiger partial charge is 0.296 e. The predicted molar refractivity (Wildman–Crippen MR) is 142 cm³/mol. The second kappa shape index (κ2) is 12.4. The summed E-state index contributed by atoms with van der Waals surface area (Å²) in [6, 6.07) is 16.8. The van der Waals surface area contributed by atoms with Crippen molar-refractivity contribution >= 4 is 34.0 Å². The van der Waals surface area contributed by atoms with Crippen molar-refractivity contribution < 1.29 is 14.3 Å². The van der Waals surface area contributed by atoms with Gasteiger partial charge in [0.2, 0.25) is 5.13 Å². The fraction of sp³-hybridized carbons (Fsp3) is 0.231. The summed E-state index contributed by atoms with van der Waals surface area (Å²) in [6.07, 6.45) is 4.19. The van der Waals surface area contributed by atoms with Gasteiger partial charge in [0.1, 0.15) is 12.4 Å². The van der Waals surface area contributed by atoms with Crippen molar-refractivity contribution in [3.63, 3.8) is 0 Å². The van der Waals surface area contributed by atoms with E-state index >= 15 is 0 Å². The SMILES string of the molecule is COc1ccccc1-c1cc(CCCCN)ncc1C(=O)Nc1nnc(OCc2ccc(Cl)cc2)s1. The van der Waals surface area contributed by atoms with Gasteiger partial charge in [0, 0.05) is 28.0 Å². The van der Waals surface area contributed by atoms with Crippen LogP contribution < -0.4 is 20.5 Å². The van der Waals surface area contributed by atoms with E-state index in [1.807, 2.05) is 42.5 Å². The van der Waals surface area contributed by atoms with Crippen molar-refractivity contribution in [2.24, 2.45) is 5.73 Å². The minimum Gasteiger partial charge on any atom is -0.496 e. The summed E-state index contributed by atoms with van der Waals surface area (Å²) in [6.45, 7) is 0.945. The van der Waals surface area contributed by atoms with Crippen LogP contribution >= 0.6 is 22.9 Å². The Bertz CT molecular complexity index is 1310. The number of carbonyl (C=O) groups is 1. The number of para-hydroxylation sites is 1. The molecule has 0 aliphatic carbocycles. The third-order valence-electron chi connectivity index (χ3n) is 5.39. The number of anilines is 1. The first-order valence-electron chi connectivity index (χ1n) is 11.4. The summed E-state index contributed by atoms with van der Waals surface area (Å²) >= 11 is 7.06. The normalized spacial score (nSPS) is 10.8. The van der Waals surface area contributed by atoms with E-state index in [0.29, 0.717) is 39.8 Å². The zero-order valence-electron chi connectivity index (χ0n) is 19.7. The van der Waals surface area contributed by atoms with E-state index in [1.165, 1.54) is 0 Å². The number of ether oxygens (including phenoxy) is 2. The van der Waals surface area contributed by atoms with Gasteiger partial charge in [-0.15, -0.1) is 5.10 Å². The number of pyridine rings is 1. The van der Waals surface area contributed by atoms with Crippen LogP contribution in [0.3, 0.4) is 0 Å². The van der Waals surface area contributed by atoms with Crippen LogP contribution in [0.5, 0.6) is 10.9 Å². The lowest BCUT2D eigenvalue weighted by atomic mass is 9.98. The second-order valence-electron chi connectivity index (χ2n) is 7.91. The standard InChI is InChI=1S/C26H26ClN5O3S/c1-34-23-8-3-2-7-20(23)21-14-19(6-4-5-13-28)29-15-22(21)24(33)30-25-31-32-26(36-25)35-16-17-9-11-18(27)12-10-17/h2-3,7-12,14-15H,4-6,13,16,28H2,1H3,(H,30,31,33). The Morgan fingerprint density at radius 2 is 1.89 bits per heavy atom. The van der Waals surface area contributed by atoms with Gasteiger partial charge in [0.15, 0.2) is 0 Å². The average molecular weight is 524 g/mol. The summed E-state index contributed by atoms with van der Waals surface area (Å²) in [5, 5.41) is 12.2. The first-order chi connectivity index (χ1) is 17.6. The van der Waals surface area contributed by atoms with Crippen LogP contribution in [0.1, 0.15) is 34.5 Å². The molecule has 0 saturated heterocycles. The number of nitrogens with one attached hydrogen (secondary N) is 1. The maximum Gasteiger partial charge on any atom is 0.296 e. The highest BCUT2D eigenvalue weighted by molar-refractivity contribution is 7.17. The number of unbranched alkanes of at least 4 members (excludes halogenated alkanes) is 1. The quantitative estimate of drug-likeness (QED) is 0.254. The lowest BCUT2D eigenvalue weighted by molar-refractivity contribution is 0.102. The number of carbonyl (C=O) groups excluding carboxylic acids is 1. The highest BCUT2D eigenvalue weighted by atomic mass is 35.5. The fourth-order valence-corrected chi connectivity index (χ4v) is 4.28. The number of benzene rings is 2. The van der Waals surface area contributed by atoms with Crippen LogP contribution in [0.4, 0.5) is 5.13 Å². The molecule has 0 radical (unpaired) electrons. The Kier molecular flexibility index (Phi) is 8.83. The molecule has 0 fully saturated rings. The predicted octanol–water partition coefficient (Wildman–Crippen LogP) is 5.37. The molecule has 4 aromatic rings. The molecule has 2 heterocycles. The minimum atomic E-state index is -0.350. The Labute approximate surface area is 218 Å². The third kappa shape index (κ3) is 6.57. The molecular formula is C26H26ClN5O3S. The molecular weight excluding hydrogens is 498 g/mol. The molecule has 0 unspecified atom stereocenters. The van der Waals surface area contributed by atoms with Gasteiger partial charge in [-0.25, -0.2) is 0 Å². The summed E-state index contributed by atoms with van der Waals surface area (Å²) in [5.41, 5.74) is 9.39. The Morgan fingerprint density at radius 1 is 1.08 bits per heavy atom. The van der Waals surface area contributed by atoms with Gasteiger partial charge in [-0.1, -0.05) is 47.0 Å². The molecule has 0 bridgehead atoms.